The molecule has 0 heterocycles. The fraction of sp³-hybridized carbons (Fsp3) is 0.556. The smallest absolute Gasteiger partial charge is 0.333 e. The lowest BCUT2D eigenvalue weighted by Gasteiger charge is -2.00. The lowest BCUT2D eigenvalue weighted by atomic mass is 10.3. The predicted molar refractivity (Wildman–Crippen MR) is 52.8 cm³/mol. The molecule has 5 heteroatoms. The fourth-order valence-electron chi connectivity index (χ4n) is 0.383. The molecule has 0 aliphatic carbocycles. The minimum absolute atomic E-state index is 0.284. The largest absolute Gasteiger partial charge is 0.481 e. The van der Waals surface area contributed by atoms with Gasteiger partial charge in [-0.15, -0.1) is 0 Å². The molecule has 82 valence electrons. The van der Waals surface area contributed by atoms with E-state index in [1.54, 1.807) is 19.9 Å². The number of carbonyl (C=O) groups excluding carboxylic acids is 1. The van der Waals surface area contributed by atoms with Crippen molar-refractivity contribution in [3.63, 3.8) is 0 Å². The van der Waals surface area contributed by atoms with Crippen LogP contribution in [0.25, 0.3) is 0 Å². The Hall–Kier alpha value is -1.36. The average Bonchev–Trinajstić information content (AvgIpc) is 2.11. The van der Waals surface area contributed by atoms with Gasteiger partial charge in [-0.3, -0.25) is 4.79 Å². The highest BCUT2D eigenvalue weighted by Crippen LogP contribution is 1.94. The van der Waals surface area contributed by atoms with E-state index in [1.165, 1.54) is 0 Å². The van der Waals surface area contributed by atoms with Crippen molar-refractivity contribution in [1.82, 2.24) is 0 Å². The third-order valence-corrected chi connectivity index (χ3v) is 1.11. The molecular weight excluding hydrogens is 186 g/mol. The molecule has 0 radical (unpaired) electrons. The number of allylic oxidation sites excluding steroid dienone is 1. The van der Waals surface area contributed by atoms with Crippen LogP contribution < -0.4 is 5.73 Å². The molecule has 0 aliphatic heterocycles. The summed E-state index contributed by atoms with van der Waals surface area (Å²) in [5.74, 6) is -1.12. The van der Waals surface area contributed by atoms with E-state index in [1.807, 2.05) is 0 Å². The summed E-state index contributed by atoms with van der Waals surface area (Å²) in [6.07, 6.45) is 1.71. The molecule has 0 atom stereocenters. The van der Waals surface area contributed by atoms with Gasteiger partial charge < -0.3 is 15.6 Å². The van der Waals surface area contributed by atoms with Gasteiger partial charge in [0.1, 0.15) is 6.61 Å². The number of hydrogen-bond donors (Lipinski definition) is 2. The van der Waals surface area contributed by atoms with Crippen molar-refractivity contribution < 1.29 is 19.4 Å². The summed E-state index contributed by atoms with van der Waals surface area (Å²) < 4.78 is 4.71. The lowest BCUT2D eigenvalue weighted by molar-refractivity contribution is -0.138. The average molecular weight is 203 g/mol. The van der Waals surface area contributed by atoms with E-state index < -0.39 is 5.97 Å². The summed E-state index contributed by atoms with van der Waals surface area (Å²) >= 11 is 0. The fourth-order valence-corrected chi connectivity index (χ4v) is 0.383. The second kappa shape index (κ2) is 9.73. The highest BCUT2D eigenvalue weighted by molar-refractivity contribution is 5.87. The molecular formula is C9H17NO4. The van der Waals surface area contributed by atoms with Crippen LogP contribution in [-0.4, -0.2) is 30.2 Å². The topological polar surface area (TPSA) is 89.6 Å². The highest BCUT2D eigenvalue weighted by atomic mass is 16.5. The standard InChI is InChI=1S/C7H13NO2.C2H4O2/c1-3-6(2)7(9)10-5-4-8;1-2(3)4/h3H,4-5,8H2,1-2H3;1H3,(H,3,4). The Bertz CT molecular complexity index is 207. The summed E-state index contributed by atoms with van der Waals surface area (Å²) in [6.45, 7) is 5.25. The number of carboxylic acids is 1. The molecule has 0 spiro atoms. The SMILES string of the molecule is CC(=O)O.CC=C(C)C(=O)OCCN. The van der Waals surface area contributed by atoms with Gasteiger partial charge in [-0.25, -0.2) is 4.79 Å². The molecule has 14 heavy (non-hydrogen) atoms. The van der Waals surface area contributed by atoms with Gasteiger partial charge in [-0.05, 0) is 13.8 Å². The predicted octanol–water partition coefficient (Wildman–Crippen LogP) is 0.545. The number of rotatable bonds is 3. The number of aliphatic carboxylic acids is 1. The molecule has 0 fully saturated rings. The molecule has 0 bridgehead atoms. The number of hydrogen-bond acceptors (Lipinski definition) is 4. The van der Waals surface area contributed by atoms with Crippen molar-refractivity contribution in [2.45, 2.75) is 20.8 Å². The Balaban J connectivity index is 0. The van der Waals surface area contributed by atoms with Gasteiger partial charge in [0, 0.05) is 19.0 Å². The van der Waals surface area contributed by atoms with Gasteiger partial charge in [-0.2, -0.15) is 0 Å². The second-order valence-electron chi connectivity index (χ2n) is 2.42. The Morgan fingerprint density at radius 1 is 1.43 bits per heavy atom. The number of nitrogens with two attached hydrogens (primary N) is 1. The maximum absolute atomic E-state index is 10.8. The lowest BCUT2D eigenvalue weighted by Crippen LogP contribution is -2.13. The van der Waals surface area contributed by atoms with Gasteiger partial charge in [0.2, 0.25) is 0 Å². The van der Waals surface area contributed by atoms with Crippen LogP contribution in [0.3, 0.4) is 0 Å². The maximum atomic E-state index is 10.8. The summed E-state index contributed by atoms with van der Waals surface area (Å²) in [5.41, 5.74) is 5.74. The van der Waals surface area contributed by atoms with Crippen LogP contribution in [0.1, 0.15) is 20.8 Å². The first-order chi connectivity index (χ1) is 6.45. The van der Waals surface area contributed by atoms with Crippen LogP contribution in [-0.2, 0) is 14.3 Å². The van der Waals surface area contributed by atoms with Crippen LogP contribution >= 0.6 is 0 Å². The minimum Gasteiger partial charge on any atom is -0.481 e. The van der Waals surface area contributed by atoms with Crippen molar-refractivity contribution in [2.75, 3.05) is 13.2 Å². The van der Waals surface area contributed by atoms with Crippen molar-refractivity contribution in [3.8, 4) is 0 Å². The van der Waals surface area contributed by atoms with Crippen LogP contribution in [0.15, 0.2) is 11.6 Å². The molecule has 0 aromatic heterocycles. The zero-order valence-electron chi connectivity index (χ0n) is 8.74. The molecule has 5 nitrogen and oxygen atoms in total. The van der Waals surface area contributed by atoms with Gasteiger partial charge >= 0.3 is 5.97 Å². The van der Waals surface area contributed by atoms with E-state index in [2.05, 4.69) is 0 Å². The highest BCUT2D eigenvalue weighted by Gasteiger charge is 2.01. The molecule has 0 saturated heterocycles. The zero-order chi connectivity index (χ0) is 11.6. The van der Waals surface area contributed by atoms with Crippen molar-refractivity contribution >= 4 is 11.9 Å². The first kappa shape index (κ1) is 15.1. The van der Waals surface area contributed by atoms with Crippen molar-refractivity contribution in [2.24, 2.45) is 5.73 Å². The van der Waals surface area contributed by atoms with Gasteiger partial charge in [0.25, 0.3) is 5.97 Å². The molecule has 0 amide bonds. The molecule has 0 saturated carbocycles. The van der Waals surface area contributed by atoms with Crippen LogP contribution in [0.4, 0.5) is 0 Å². The number of ether oxygens (including phenoxy) is 1. The molecule has 0 aliphatic rings. The van der Waals surface area contributed by atoms with Crippen LogP contribution in [0, 0.1) is 0 Å². The van der Waals surface area contributed by atoms with Gasteiger partial charge in [0.05, 0.1) is 0 Å². The Morgan fingerprint density at radius 2 is 1.86 bits per heavy atom. The molecule has 0 aromatic rings. The zero-order valence-corrected chi connectivity index (χ0v) is 8.74. The normalized spacial score (nSPS) is 9.86. The third-order valence-electron chi connectivity index (χ3n) is 1.11. The first-order valence-corrected chi connectivity index (χ1v) is 4.15. The number of esters is 1. The van der Waals surface area contributed by atoms with E-state index in [0.717, 1.165) is 6.92 Å². The molecule has 0 rings (SSSR count). The first-order valence-electron chi connectivity index (χ1n) is 4.15. The van der Waals surface area contributed by atoms with E-state index in [4.69, 9.17) is 20.4 Å². The molecule has 3 N–H and O–H groups in total. The number of carbonyl (C=O) groups is 2. The maximum Gasteiger partial charge on any atom is 0.333 e. The van der Waals surface area contributed by atoms with Gasteiger partial charge in [0.15, 0.2) is 0 Å². The van der Waals surface area contributed by atoms with E-state index in [0.29, 0.717) is 18.7 Å². The van der Waals surface area contributed by atoms with Crippen LogP contribution in [0.5, 0.6) is 0 Å². The van der Waals surface area contributed by atoms with Crippen LogP contribution in [0.2, 0.25) is 0 Å². The van der Waals surface area contributed by atoms with E-state index in [-0.39, 0.29) is 5.97 Å². The quantitative estimate of drug-likeness (QED) is 0.516. The summed E-state index contributed by atoms with van der Waals surface area (Å²) in [6, 6.07) is 0. The van der Waals surface area contributed by atoms with E-state index in [9.17, 15) is 4.79 Å². The number of carboxylic acid groups (broad SMARTS) is 1. The Morgan fingerprint density at radius 3 is 2.14 bits per heavy atom. The summed E-state index contributed by atoms with van der Waals surface area (Å²) in [7, 11) is 0. The Kier molecular flexibility index (Phi) is 10.5. The summed E-state index contributed by atoms with van der Waals surface area (Å²) in [4.78, 5) is 19.8. The minimum atomic E-state index is -0.833. The van der Waals surface area contributed by atoms with Crippen molar-refractivity contribution in [1.29, 1.82) is 0 Å². The monoisotopic (exact) mass is 203 g/mol. The molecule has 0 aromatic carbocycles. The Labute approximate surface area is 83.5 Å². The summed E-state index contributed by atoms with van der Waals surface area (Å²) in [5, 5.41) is 7.42. The third kappa shape index (κ3) is 13.2. The van der Waals surface area contributed by atoms with E-state index >= 15 is 0 Å². The molecule has 0 unspecified atom stereocenters. The van der Waals surface area contributed by atoms with Crippen molar-refractivity contribution in [3.05, 3.63) is 11.6 Å². The second-order valence-corrected chi connectivity index (χ2v) is 2.42. The van der Waals surface area contributed by atoms with Gasteiger partial charge in [-0.1, -0.05) is 6.08 Å².